The van der Waals surface area contributed by atoms with Crippen molar-refractivity contribution in [1.82, 2.24) is 29.9 Å². The number of amides is 1. The number of H-pyrrole nitrogens is 1. The Hall–Kier alpha value is -3.60. The molecule has 0 aliphatic rings. The van der Waals surface area contributed by atoms with Crippen LogP contribution >= 0.6 is 0 Å². The number of rotatable bonds is 8. The third-order valence-electron chi connectivity index (χ3n) is 4.14. The summed E-state index contributed by atoms with van der Waals surface area (Å²) in [5.74, 6) is 0.0719. The van der Waals surface area contributed by atoms with E-state index in [2.05, 4.69) is 30.6 Å². The molecule has 3 aromatic heterocycles. The lowest BCUT2D eigenvalue weighted by Crippen LogP contribution is -2.15. The molecule has 0 unspecified atom stereocenters. The van der Waals surface area contributed by atoms with Gasteiger partial charge in [0.05, 0.1) is 5.69 Å². The van der Waals surface area contributed by atoms with Crippen LogP contribution in [0.2, 0.25) is 0 Å². The standard InChI is InChI=1S/C17H22N10O/c1-9-6-13(27(26-9)5-3-4-18)16-23-17(25-24-16)14-10(8-19)11(21-2)7-12(22-14)15(20)28/h6-8,19H,3-5,18H2,1-2H3,(H2,20,28)(H,21,22)(H,23,24,25). The highest BCUT2D eigenvalue weighted by Gasteiger charge is 2.19. The number of hydrogen-bond donors (Lipinski definition) is 5. The molecule has 3 aromatic rings. The number of nitrogens with two attached hydrogens (primary N) is 2. The van der Waals surface area contributed by atoms with E-state index in [0.717, 1.165) is 24.0 Å². The van der Waals surface area contributed by atoms with Gasteiger partial charge in [-0.1, -0.05) is 0 Å². The molecule has 0 aliphatic carbocycles. The van der Waals surface area contributed by atoms with Gasteiger partial charge in [-0.25, -0.2) is 9.97 Å². The fraction of sp³-hybridized carbons (Fsp3) is 0.294. The smallest absolute Gasteiger partial charge is 0.267 e. The van der Waals surface area contributed by atoms with Gasteiger partial charge in [0.1, 0.15) is 17.1 Å². The largest absolute Gasteiger partial charge is 0.387 e. The number of carbonyl (C=O) groups is 1. The van der Waals surface area contributed by atoms with Crippen molar-refractivity contribution in [2.45, 2.75) is 19.9 Å². The van der Waals surface area contributed by atoms with Crippen molar-refractivity contribution in [2.24, 2.45) is 11.5 Å². The quantitative estimate of drug-likeness (QED) is 0.352. The highest BCUT2D eigenvalue weighted by Crippen LogP contribution is 2.26. The summed E-state index contributed by atoms with van der Waals surface area (Å²) in [7, 11) is 1.68. The molecule has 11 nitrogen and oxygen atoms in total. The van der Waals surface area contributed by atoms with Gasteiger partial charge < -0.3 is 22.2 Å². The van der Waals surface area contributed by atoms with Gasteiger partial charge in [0, 0.05) is 31.1 Å². The Morgan fingerprint density at radius 1 is 1.39 bits per heavy atom. The fourth-order valence-corrected chi connectivity index (χ4v) is 2.83. The van der Waals surface area contributed by atoms with Crippen molar-refractivity contribution in [1.29, 1.82) is 5.41 Å². The first-order valence-corrected chi connectivity index (χ1v) is 8.69. The molecule has 3 rings (SSSR count). The highest BCUT2D eigenvalue weighted by molar-refractivity contribution is 5.98. The number of aromatic amines is 1. The maximum absolute atomic E-state index is 11.6. The van der Waals surface area contributed by atoms with Crippen LogP contribution in [0.3, 0.4) is 0 Å². The first kappa shape index (κ1) is 19.2. The average Bonchev–Trinajstić information content (AvgIpc) is 3.31. The van der Waals surface area contributed by atoms with Gasteiger partial charge in [0.25, 0.3) is 5.91 Å². The maximum Gasteiger partial charge on any atom is 0.267 e. The predicted octanol–water partition coefficient (Wildman–Crippen LogP) is 0.526. The molecule has 146 valence electrons. The topological polar surface area (TPSA) is 177 Å². The van der Waals surface area contributed by atoms with Crippen molar-refractivity contribution in [2.75, 3.05) is 18.9 Å². The Balaban J connectivity index is 2.09. The number of carbonyl (C=O) groups excluding carboxylic acids is 1. The summed E-state index contributed by atoms with van der Waals surface area (Å²) in [5.41, 5.74) is 13.9. The second-order valence-electron chi connectivity index (χ2n) is 6.12. The second kappa shape index (κ2) is 7.96. The van der Waals surface area contributed by atoms with E-state index >= 15 is 0 Å². The molecular formula is C17H22N10O. The Labute approximate surface area is 161 Å². The molecule has 1 amide bonds. The van der Waals surface area contributed by atoms with Crippen molar-refractivity contribution in [3.8, 4) is 23.0 Å². The molecule has 0 saturated heterocycles. The van der Waals surface area contributed by atoms with Crippen LogP contribution in [0.5, 0.6) is 0 Å². The summed E-state index contributed by atoms with van der Waals surface area (Å²) in [6, 6.07) is 3.38. The maximum atomic E-state index is 11.6. The third-order valence-corrected chi connectivity index (χ3v) is 4.14. The number of hydrogen-bond acceptors (Lipinski definition) is 8. The molecule has 0 radical (unpaired) electrons. The van der Waals surface area contributed by atoms with Gasteiger partial charge >= 0.3 is 0 Å². The van der Waals surface area contributed by atoms with E-state index in [1.807, 2.05) is 13.0 Å². The molecule has 0 fully saturated rings. The van der Waals surface area contributed by atoms with Gasteiger partial charge in [-0.3, -0.25) is 14.6 Å². The zero-order valence-corrected chi connectivity index (χ0v) is 15.7. The number of nitrogens with zero attached hydrogens (tertiary/aromatic N) is 5. The molecule has 0 bridgehead atoms. The molecule has 0 atom stereocenters. The van der Waals surface area contributed by atoms with Crippen LogP contribution in [0.4, 0.5) is 5.69 Å². The summed E-state index contributed by atoms with van der Waals surface area (Å²) >= 11 is 0. The van der Waals surface area contributed by atoms with E-state index in [-0.39, 0.29) is 5.69 Å². The van der Waals surface area contributed by atoms with Crippen LogP contribution in [0, 0.1) is 12.3 Å². The van der Waals surface area contributed by atoms with E-state index in [1.165, 1.54) is 6.07 Å². The van der Waals surface area contributed by atoms with Crippen LogP contribution < -0.4 is 16.8 Å². The number of primary amides is 1. The molecule has 0 saturated carbocycles. The molecule has 0 spiro atoms. The van der Waals surface area contributed by atoms with E-state index in [0.29, 0.717) is 41.7 Å². The summed E-state index contributed by atoms with van der Waals surface area (Å²) < 4.78 is 1.80. The monoisotopic (exact) mass is 382 g/mol. The molecule has 7 N–H and O–H groups in total. The molecule has 28 heavy (non-hydrogen) atoms. The van der Waals surface area contributed by atoms with Crippen LogP contribution in [-0.4, -0.2) is 55.7 Å². The van der Waals surface area contributed by atoms with Gasteiger partial charge in [-0.2, -0.15) is 10.2 Å². The van der Waals surface area contributed by atoms with Gasteiger partial charge in [0.2, 0.25) is 0 Å². The normalized spacial score (nSPS) is 10.8. The van der Waals surface area contributed by atoms with Gasteiger partial charge in [0.15, 0.2) is 11.6 Å². The second-order valence-corrected chi connectivity index (χ2v) is 6.12. The summed E-state index contributed by atoms with van der Waals surface area (Å²) in [6.07, 6.45) is 1.91. The molecule has 0 aliphatic heterocycles. The van der Waals surface area contributed by atoms with Crippen molar-refractivity contribution < 1.29 is 4.79 Å². The lowest BCUT2D eigenvalue weighted by Gasteiger charge is -2.10. The van der Waals surface area contributed by atoms with Crippen LogP contribution in [-0.2, 0) is 6.54 Å². The van der Waals surface area contributed by atoms with Crippen molar-refractivity contribution in [3.05, 3.63) is 29.1 Å². The van der Waals surface area contributed by atoms with Crippen molar-refractivity contribution in [3.63, 3.8) is 0 Å². The summed E-state index contributed by atoms with van der Waals surface area (Å²) in [4.78, 5) is 20.4. The number of aromatic nitrogens is 6. The third kappa shape index (κ3) is 3.60. The number of pyridine rings is 1. The summed E-state index contributed by atoms with van der Waals surface area (Å²) in [6.45, 7) is 3.09. The zero-order chi connectivity index (χ0) is 20.3. The minimum atomic E-state index is -0.676. The minimum absolute atomic E-state index is 0.0618. The van der Waals surface area contributed by atoms with Gasteiger partial charge in [-0.05, 0) is 32.0 Å². The van der Waals surface area contributed by atoms with E-state index in [4.69, 9.17) is 16.9 Å². The molecule has 0 aromatic carbocycles. The van der Waals surface area contributed by atoms with Gasteiger partial charge in [-0.15, -0.1) is 0 Å². The SMILES string of the molecule is CNc1cc(C(N)=O)nc(-c2nc(-c3cc(C)nn3CCCN)n[nH]2)c1C=N. The number of anilines is 1. The lowest BCUT2D eigenvalue weighted by atomic mass is 10.1. The Bertz CT molecular complexity index is 1020. The molecule has 11 heteroatoms. The van der Waals surface area contributed by atoms with E-state index in [9.17, 15) is 4.79 Å². The predicted molar refractivity (Wildman–Crippen MR) is 105 cm³/mol. The highest BCUT2D eigenvalue weighted by atomic mass is 16.1. The van der Waals surface area contributed by atoms with Crippen LogP contribution in [0.1, 0.15) is 28.2 Å². The first-order valence-electron chi connectivity index (χ1n) is 8.69. The fourth-order valence-electron chi connectivity index (χ4n) is 2.83. The molecule has 3 heterocycles. The molecular weight excluding hydrogens is 360 g/mol. The zero-order valence-electron chi connectivity index (χ0n) is 15.7. The number of aryl methyl sites for hydroxylation is 2. The Morgan fingerprint density at radius 2 is 2.18 bits per heavy atom. The lowest BCUT2D eigenvalue weighted by molar-refractivity contribution is 0.0995. The van der Waals surface area contributed by atoms with Crippen molar-refractivity contribution >= 4 is 17.8 Å². The summed E-state index contributed by atoms with van der Waals surface area (Å²) in [5, 5.41) is 22.2. The van der Waals surface area contributed by atoms with E-state index < -0.39 is 5.91 Å². The number of nitrogens with one attached hydrogen (secondary N) is 3. The first-order chi connectivity index (χ1) is 13.5. The Morgan fingerprint density at radius 3 is 2.82 bits per heavy atom. The average molecular weight is 382 g/mol. The van der Waals surface area contributed by atoms with Crippen LogP contribution in [0.15, 0.2) is 12.1 Å². The minimum Gasteiger partial charge on any atom is -0.387 e. The van der Waals surface area contributed by atoms with Crippen LogP contribution in [0.25, 0.3) is 23.0 Å². The Kier molecular flexibility index (Phi) is 5.45. The van der Waals surface area contributed by atoms with E-state index in [1.54, 1.807) is 11.7 Å².